The fourth-order valence-corrected chi connectivity index (χ4v) is 4.26. The predicted octanol–water partition coefficient (Wildman–Crippen LogP) is 1.17. The molecule has 3 saturated heterocycles. The first-order chi connectivity index (χ1) is 9.81. The number of nitrogens with one attached hydrogen (secondary N) is 1. The molecular formula is C16H31N3O. The second kappa shape index (κ2) is 6.73. The van der Waals surface area contributed by atoms with Crippen LogP contribution in [0.5, 0.6) is 0 Å². The third kappa shape index (κ3) is 3.35. The van der Waals surface area contributed by atoms with Crippen LogP contribution in [0, 0.1) is 5.41 Å². The maximum atomic E-state index is 5.74. The van der Waals surface area contributed by atoms with Crippen LogP contribution in [0.4, 0.5) is 0 Å². The Morgan fingerprint density at radius 2 is 2.15 bits per heavy atom. The van der Waals surface area contributed by atoms with E-state index in [0.29, 0.717) is 5.41 Å². The lowest BCUT2D eigenvalue weighted by molar-refractivity contribution is 0.104. The highest BCUT2D eigenvalue weighted by molar-refractivity contribution is 4.92. The number of fused-ring (bicyclic) bond motifs is 1. The van der Waals surface area contributed by atoms with Crippen molar-refractivity contribution < 1.29 is 4.74 Å². The second-order valence-electron chi connectivity index (χ2n) is 7.00. The Bertz CT molecular complexity index is 304. The van der Waals surface area contributed by atoms with Crippen molar-refractivity contribution in [3.63, 3.8) is 0 Å². The molecule has 3 aliphatic rings. The van der Waals surface area contributed by atoms with Gasteiger partial charge in [0, 0.05) is 37.7 Å². The van der Waals surface area contributed by atoms with Gasteiger partial charge in [-0.2, -0.15) is 0 Å². The van der Waals surface area contributed by atoms with E-state index in [0.717, 1.165) is 32.3 Å². The topological polar surface area (TPSA) is 27.7 Å². The number of nitrogens with zero attached hydrogens (tertiary/aromatic N) is 2. The van der Waals surface area contributed by atoms with Crippen LogP contribution in [0.25, 0.3) is 0 Å². The summed E-state index contributed by atoms with van der Waals surface area (Å²) in [4.78, 5) is 5.46. The molecule has 2 atom stereocenters. The van der Waals surface area contributed by atoms with E-state index in [1.807, 2.05) is 0 Å². The summed E-state index contributed by atoms with van der Waals surface area (Å²) in [6.45, 7) is 12.7. The van der Waals surface area contributed by atoms with Crippen LogP contribution >= 0.6 is 0 Å². The molecule has 0 amide bonds. The summed E-state index contributed by atoms with van der Waals surface area (Å²) in [5, 5.41) is 3.57. The standard InChI is InChI=1S/C16H31N3O/c1-2-17-12-16(6-10-20-14-16)13-18-7-4-9-19-8-3-5-15(19)11-18/h15,17H,2-14H2,1H3. The lowest BCUT2D eigenvalue weighted by Gasteiger charge is -2.35. The minimum atomic E-state index is 0.365. The smallest absolute Gasteiger partial charge is 0.0547 e. The lowest BCUT2D eigenvalue weighted by atomic mass is 9.86. The van der Waals surface area contributed by atoms with Crippen LogP contribution in [0.1, 0.15) is 32.6 Å². The summed E-state index contributed by atoms with van der Waals surface area (Å²) in [7, 11) is 0. The van der Waals surface area contributed by atoms with Crippen LogP contribution < -0.4 is 5.32 Å². The summed E-state index contributed by atoms with van der Waals surface area (Å²) in [6.07, 6.45) is 5.39. The second-order valence-corrected chi connectivity index (χ2v) is 7.00. The summed E-state index contributed by atoms with van der Waals surface area (Å²) < 4.78 is 5.74. The van der Waals surface area contributed by atoms with E-state index >= 15 is 0 Å². The van der Waals surface area contributed by atoms with Gasteiger partial charge in [-0.15, -0.1) is 0 Å². The molecule has 4 nitrogen and oxygen atoms in total. The molecule has 3 fully saturated rings. The zero-order chi connectivity index (χ0) is 13.8. The Morgan fingerprint density at radius 1 is 1.25 bits per heavy atom. The summed E-state index contributed by atoms with van der Waals surface area (Å²) in [6, 6.07) is 0.830. The molecule has 116 valence electrons. The van der Waals surface area contributed by atoms with E-state index in [4.69, 9.17) is 4.74 Å². The van der Waals surface area contributed by atoms with Gasteiger partial charge in [0.15, 0.2) is 0 Å². The van der Waals surface area contributed by atoms with Gasteiger partial charge in [-0.1, -0.05) is 6.92 Å². The third-order valence-electron chi connectivity index (χ3n) is 5.38. The Kier molecular flexibility index (Phi) is 4.97. The minimum absolute atomic E-state index is 0.365. The average molecular weight is 281 g/mol. The molecule has 2 unspecified atom stereocenters. The highest BCUT2D eigenvalue weighted by Gasteiger charge is 2.38. The van der Waals surface area contributed by atoms with Crippen LogP contribution in [0.3, 0.4) is 0 Å². The molecule has 0 aromatic rings. The molecule has 0 bridgehead atoms. The van der Waals surface area contributed by atoms with Crippen molar-refractivity contribution in [2.75, 3.05) is 59.0 Å². The van der Waals surface area contributed by atoms with Crippen molar-refractivity contribution in [1.29, 1.82) is 0 Å². The lowest BCUT2D eigenvalue weighted by Crippen LogP contribution is -2.47. The Hall–Kier alpha value is -0.160. The van der Waals surface area contributed by atoms with Gasteiger partial charge in [0.05, 0.1) is 6.61 Å². The molecule has 0 saturated carbocycles. The highest BCUT2D eigenvalue weighted by Crippen LogP contribution is 2.31. The van der Waals surface area contributed by atoms with Crippen molar-refractivity contribution in [3.8, 4) is 0 Å². The van der Waals surface area contributed by atoms with E-state index in [2.05, 4.69) is 22.0 Å². The fraction of sp³-hybridized carbons (Fsp3) is 1.00. The minimum Gasteiger partial charge on any atom is -0.381 e. The van der Waals surface area contributed by atoms with Gasteiger partial charge in [0.1, 0.15) is 0 Å². The van der Waals surface area contributed by atoms with Crippen LogP contribution in [-0.2, 0) is 4.74 Å². The van der Waals surface area contributed by atoms with Gasteiger partial charge in [-0.25, -0.2) is 0 Å². The Morgan fingerprint density at radius 3 is 2.95 bits per heavy atom. The fourth-order valence-electron chi connectivity index (χ4n) is 4.26. The zero-order valence-corrected chi connectivity index (χ0v) is 13.1. The Balaban J connectivity index is 1.59. The molecule has 20 heavy (non-hydrogen) atoms. The van der Waals surface area contributed by atoms with Crippen molar-refractivity contribution in [2.24, 2.45) is 5.41 Å². The van der Waals surface area contributed by atoms with E-state index < -0.39 is 0 Å². The van der Waals surface area contributed by atoms with E-state index in [9.17, 15) is 0 Å². The van der Waals surface area contributed by atoms with Crippen LogP contribution in [0.15, 0.2) is 0 Å². The maximum Gasteiger partial charge on any atom is 0.0547 e. The predicted molar refractivity (Wildman–Crippen MR) is 82.1 cm³/mol. The zero-order valence-electron chi connectivity index (χ0n) is 13.1. The molecule has 3 aliphatic heterocycles. The molecule has 0 aliphatic carbocycles. The largest absolute Gasteiger partial charge is 0.381 e. The highest BCUT2D eigenvalue weighted by atomic mass is 16.5. The van der Waals surface area contributed by atoms with E-state index in [-0.39, 0.29) is 0 Å². The number of ether oxygens (including phenoxy) is 1. The van der Waals surface area contributed by atoms with Gasteiger partial charge in [-0.3, -0.25) is 4.90 Å². The Labute approximate surface area is 123 Å². The molecule has 0 radical (unpaired) electrons. The van der Waals surface area contributed by atoms with E-state index in [1.54, 1.807) is 0 Å². The van der Waals surface area contributed by atoms with Crippen molar-refractivity contribution in [3.05, 3.63) is 0 Å². The third-order valence-corrected chi connectivity index (χ3v) is 5.38. The van der Waals surface area contributed by atoms with Gasteiger partial charge in [-0.05, 0) is 51.9 Å². The van der Waals surface area contributed by atoms with Crippen molar-refractivity contribution in [1.82, 2.24) is 15.1 Å². The van der Waals surface area contributed by atoms with Gasteiger partial charge in [0.25, 0.3) is 0 Å². The monoisotopic (exact) mass is 281 g/mol. The molecular weight excluding hydrogens is 250 g/mol. The first-order valence-electron chi connectivity index (χ1n) is 8.56. The first kappa shape index (κ1) is 14.8. The molecule has 0 spiro atoms. The molecule has 3 rings (SSSR count). The number of hydrogen-bond acceptors (Lipinski definition) is 4. The summed E-state index contributed by atoms with van der Waals surface area (Å²) in [5.41, 5.74) is 0.365. The quantitative estimate of drug-likeness (QED) is 0.819. The average Bonchev–Trinajstić information content (AvgIpc) is 3.04. The van der Waals surface area contributed by atoms with Crippen molar-refractivity contribution >= 4 is 0 Å². The van der Waals surface area contributed by atoms with Gasteiger partial charge >= 0.3 is 0 Å². The molecule has 0 aromatic carbocycles. The van der Waals surface area contributed by atoms with Crippen LogP contribution in [0.2, 0.25) is 0 Å². The van der Waals surface area contributed by atoms with Gasteiger partial charge < -0.3 is 15.0 Å². The van der Waals surface area contributed by atoms with Crippen LogP contribution in [-0.4, -0.2) is 74.9 Å². The molecule has 3 heterocycles. The molecule has 4 heteroatoms. The van der Waals surface area contributed by atoms with Crippen molar-refractivity contribution in [2.45, 2.75) is 38.6 Å². The number of hydrogen-bond donors (Lipinski definition) is 1. The SMILES string of the molecule is CCNCC1(CN2CCCN3CCCC3C2)CCOC1. The maximum absolute atomic E-state index is 5.74. The van der Waals surface area contributed by atoms with Gasteiger partial charge in [0.2, 0.25) is 0 Å². The van der Waals surface area contributed by atoms with E-state index in [1.165, 1.54) is 58.4 Å². The summed E-state index contributed by atoms with van der Waals surface area (Å²) in [5.74, 6) is 0. The summed E-state index contributed by atoms with van der Waals surface area (Å²) >= 11 is 0. The normalized spacial score (nSPS) is 36.1. The first-order valence-corrected chi connectivity index (χ1v) is 8.56. The number of rotatable bonds is 5. The molecule has 0 aromatic heterocycles. The molecule has 1 N–H and O–H groups in total.